The molecule has 0 atom stereocenters. The average Bonchev–Trinajstić information content (AvgIpc) is 2.41. The standard InChI is InChI=1S/C10H10S2/c1-6-3-4-8-9(11)5-12-10(8)7(6)2/h3-5,11H,1-2H3. The van der Waals surface area contributed by atoms with Crippen molar-refractivity contribution in [3.8, 4) is 0 Å². The molecule has 0 aliphatic heterocycles. The van der Waals surface area contributed by atoms with Crippen LogP contribution in [0.4, 0.5) is 0 Å². The van der Waals surface area contributed by atoms with Gasteiger partial charge in [-0.3, -0.25) is 0 Å². The van der Waals surface area contributed by atoms with Gasteiger partial charge in [0, 0.05) is 20.4 Å². The Balaban J connectivity index is 2.93. The fraction of sp³-hybridized carbons (Fsp3) is 0.200. The fourth-order valence-electron chi connectivity index (χ4n) is 1.32. The maximum atomic E-state index is 4.39. The van der Waals surface area contributed by atoms with Crippen molar-refractivity contribution in [1.29, 1.82) is 0 Å². The number of thiophene rings is 1. The van der Waals surface area contributed by atoms with Crippen LogP contribution in [0.1, 0.15) is 11.1 Å². The van der Waals surface area contributed by atoms with E-state index in [9.17, 15) is 0 Å². The molecule has 0 fully saturated rings. The van der Waals surface area contributed by atoms with Crippen LogP contribution in [0.3, 0.4) is 0 Å². The smallest absolute Gasteiger partial charge is 0.0386 e. The van der Waals surface area contributed by atoms with Crippen molar-refractivity contribution >= 4 is 34.1 Å². The summed E-state index contributed by atoms with van der Waals surface area (Å²) >= 11 is 6.17. The van der Waals surface area contributed by atoms with Gasteiger partial charge in [-0.05, 0) is 25.0 Å². The van der Waals surface area contributed by atoms with Gasteiger partial charge >= 0.3 is 0 Å². The molecule has 0 spiro atoms. The zero-order valence-electron chi connectivity index (χ0n) is 7.09. The zero-order valence-corrected chi connectivity index (χ0v) is 8.80. The number of benzene rings is 1. The summed E-state index contributed by atoms with van der Waals surface area (Å²) in [4.78, 5) is 1.10. The minimum Gasteiger partial charge on any atom is -0.142 e. The Morgan fingerprint density at radius 3 is 2.75 bits per heavy atom. The second-order valence-electron chi connectivity index (χ2n) is 3.01. The largest absolute Gasteiger partial charge is 0.142 e. The van der Waals surface area contributed by atoms with Crippen LogP contribution in [0.25, 0.3) is 10.1 Å². The van der Waals surface area contributed by atoms with Gasteiger partial charge in [-0.2, -0.15) is 0 Å². The Morgan fingerprint density at radius 2 is 2.00 bits per heavy atom. The van der Waals surface area contributed by atoms with E-state index in [2.05, 4.69) is 44.0 Å². The second-order valence-corrected chi connectivity index (χ2v) is 4.37. The van der Waals surface area contributed by atoms with E-state index in [4.69, 9.17) is 0 Å². The van der Waals surface area contributed by atoms with Crippen LogP contribution >= 0.6 is 24.0 Å². The molecule has 62 valence electrons. The van der Waals surface area contributed by atoms with E-state index < -0.39 is 0 Å². The van der Waals surface area contributed by atoms with Gasteiger partial charge in [-0.1, -0.05) is 12.1 Å². The number of hydrogen-bond acceptors (Lipinski definition) is 2. The highest BCUT2D eigenvalue weighted by Gasteiger charge is 2.04. The lowest BCUT2D eigenvalue weighted by Gasteiger charge is -2.00. The summed E-state index contributed by atoms with van der Waals surface area (Å²) < 4.78 is 1.38. The molecule has 0 bridgehead atoms. The molecule has 0 saturated carbocycles. The average molecular weight is 194 g/mol. The zero-order chi connectivity index (χ0) is 8.72. The fourth-order valence-corrected chi connectivity index (χ4v) is 2.74. The van der Waals surface area contributed by atoms with Gasteiger partial charge in [0.1, 0.15) is 0 Å². The molecule has 12 heavy (non-hydrogen) atoms. The summed E-state index contributed by atoms with van der Waals surface area (Å²) in [7, 11) is 0. The van der Waals surface area contributed by atoms with Crippen LogP contribution in [-0.4, -0.2) is 0 Å². The Bertz CT molecular complexity index is 427. The summed E-state index contributed by atoms with van der Waals surface area (Å²) in [5, 5.41) is 3.38. The van der Waals surface area contributed by atoms with E-state index in [1.807, 2.05) is 0 Å². The van der Waals surface area contributed by atoms with E-state index >= 15 is 0 Å². The maximum absolute atomic E-state index is 4.39. The van der Waals surface area contributed by atoms with E-state index in [0.717, 1.165) is 4.90 Å². The summed E-state index contributed by atoms with van der Waals surface area (Å²) in [6.45, 7) is 4.31. The highest BCUT2D eigenvalue weighted by atomic mass is 32.1. The maximum Gasteiger partial charge on any atom is 0.0386 e. The molecule has 0 saturated heterocycles. The van der Waals surface area contributed by atoms with E-state index in [0.29, 0.717) is 0 Å². The Labute approximate surface area is 81.6 Å². The quantitative estimate of drug-likeness (QED) is 0.606. The van der Waals surface area contributed by atoms with Gasteiger partial charge < -0.3 is 0 Å². The molecule has 1 aromatic heterocycles. The number of fused-ring (bicyclic) bond motifs is 1. The first kappa shape index (κ1) is 8.14. The lowest BCUT2D eigenvalue weighted by Crippen LogP contribution is -1.78. The third-order valence-corrected chi connectivity index (χ3v) is 3.90. The Kier molecular flexibility index (Phi) is 1.89. The van der Waals surface area contributed by atoms with Crippen molar-refractivity contribution in [2.75, 3.05) is 0 Å². The number of aryl methyl sites for hydroxylation is 2. The highest BCUT2D eigenvalue weighted by Crippen LogP contribution is 2.32. The van der Waals surface area contributed by atoms with Crippen LogP contribution in [0.2, 0.25) is 0 Å². The summed E-state index contributed by atoms with van der Waals surface area (Å²) in [5.74, 6) is 0. The van der Waals surface area contributed by atoms with E-state index in [1.165, 1.54) is 21.2 Å². The van der Waals surface area contributed by atoms with Crippen LogP contribution in [0, 0.1) is 13.8 Å². The monoisotopic (exact) mass is 194 g/mol. The third-order valence-electron chi connectivity index (χ3n) is 2.24. The molecule has 0 N–H and O–H groups in total. The molecular weight excluding hydrogens is 184 g/mol. The van der Waals surface area contributed by atoms with Gasteiger partial charge in [-0.25, -0.2) is 0 Å². The molecule has 2 rings (SSSR count). The molecule has 0 aliphatic rings. The summed E-state index contributed by atoms with van der Waals surface area (Å²) in [6, 6.07) is 4.31. The number of hydrogen-bond donors (Lipinski definition) is 1. The van der Waals surface area contributed by atoms with Crippen LogP contribution in [0.15, 0.2) is 22.4 Å². The number of rotatable bonds is 0. The molecule has 2 heteroatoms. The second kappa shape index (κ2) is 2.79. The lowest BCUT2D eigenvalue weighted by atomic mass is 10.1. The first-order chi connectivity index (χ1) is 5.70. The van der Waals surface area contributed by atoms with Gasteiger partial charge in [0.15, 0.2) is 0 Å². The van der Waals surface area contributed by atoms with Crippen molar-refractivity contribution < 1.29 is 0 Å². The summed E-state index contributed by atoms with van der Waals surface area (Å²) in [6.07, 6.45) is 0. The third kappa shape index (κ3) is 1.06. The van der Waals surface area contributed by atoms with Gasteiger partial charge in [0.25, 0.3) is 0 Å². The van der Waals surface area contributed by atoms with Gasteiger partial charge in [0.05, 0.1) is 0 Å². The Hall–Kier alpha value is -0.470. The van der Waals surface area contributed by atoms with Crippen LogP contribution < -0.4 is 0 Å². The van der Waals surface area contributed by atoms with E-state index in [-0.39, 0.29) is 0 Å². The normalized spacial score (nSPS) is 10.9. The lowest BCUT2D eigenvalue weighted by molar-refractivity contribution is 1.39. The molecule has 1 aromatic carbocycles. The molecule has 2 aromatic rings. The van der Waals surface area contributed by atoms with Gasteiger partial charge in [0.2, 0.25) is 0 Å². The van der Waals surface area contributed by atoms with Crippen LogP contribution in [0.5, 0.6) is 0 Å². The molecule has 1 heterocycles. The molecule has 0 aliphatic carbocycles. The molecule has 0 nitrogen and oxygen atoms in total. The first-order valence-corrected chi connectivity index (χ1v) is 5.19. The van der Waals surface area contributed by atoms with E-state index in [1.54, 1.807) is 11.3 Å². The molecule has 0 amide bonds. The Morgan fingerprint density at radius 1 is 1.25 bits per heavy atom. The highest BCUT2D eigenvalue weighted by molar-refractivity contribution is 7.80. The molecular formula is C10H10S2. The van der Waals surface area contributed by atoms with Crippen LogP contribution in [-0.2, 0) is 0 Å². The topological polar surface area (TPSA) is 0 Å². The number of thiol groups is 1. The minimum atomic E-state index is 1.10. The van der Waals surface area contributed by atoms with Crippen molar-refractivity contribution in [1.82, 2.24) is 0 Å². The predicted octanol–water partition coefficient (Wildman–Crippen LogP) is 3.81. The van der Waals surface area contributed by atoms with Crippen molar-refractivity contribution in [3.63, 3.8) is 0 Å². The van der Waals surface area contributed by atoms with Crippen molar-refractivity contribution in [3.05, 3.63) is 28.6 Å². The predicted molar refractivity (Wildman–Crippen MR) is 58.6 cm³/mol. The molecule has 0 unspecified atom stereocenters. The van der Waals surface area contributed by atoms with Gasteiger partial charge in [-0.15, -0.1) is 24.0 Å². The molecule has 0 radical (unpaired) electrons. The SMILES string of the molecule is Cc1ccc2c(S)csc2c1C. The summed E-state index contributed by atoms with van der Waals surface area (Å²) in [5.41, 5.74) is 2.75. The first-order valence-electron chi connectivity index (χ1n) is 3.86. The minimum absolute atomic E-state index is 1.10. The van der Waals surface area contributed by atoms with Crippen molar-refractivity contribution in [2.24, 2.45) is 0 Å². The van der Waals surface area contributed by atoms with Crippen molar-refractivity contribution in [2.45, 2.75) is 18.7 Å².